The van der Waals surface area contributed by atoms with E-state index in [0.717, 1.165) is 31.7 Å². The monoisotopic (exact) mass is 723 g/mol. The second-order valence-corrected chi connectivity index (χ2v) is 19.9. The van der Waals surface area contributed by atoms with Gasteiger partial charge >= 0.3 is 11.9 Å². The summed E-state index contributed by atoms with van der Waals surface area (Å²) < 4.78 is 17.5. The Hall–Kier alpha value is -1.14. The number of esters is 2. The number of unbranched alkanes of at least 4 members (excludes halogenated alkanes) is 26. The van der Waals surface area contributed by atoms with E-state index < -0.39 is 14.4 Å². The maximum Gasteiger partial charge on any atom is 0.305 e. The number of rotatable bonds is 39. The maximum atomic E-state index is 12.4. The molecule has 50 heavy (non-hydrogen) atoms. The Balaban J connectivity index is 3.92. The second-order valence-electron chi connectivity index (χ2n) is 15.6. The van der Waals surface area contributed by atoms with Crippen molar-refractivity contribution >= 4 is 20.3 Å². The minimum Gasteiger partial charge on any atom is -0.462 e. The summed E-state index contributed by atoms with van der Waals surface area (Å²) in [5.41, 5.74) is 0. The summed E-state index contributed by atoms with van der Waals surface area (Å²) >= 11 is 0. The molecule has 1 unspecified atom stereocenters. The number of carbonyl (C=O) groups is 2. The van der Waals surface area contributed by atoms with Gasteiger partial charge in [0, 0.05) is 12.8 Å². The molecule has 0 saturated carbocycles. The molecule has 0 saturated heterocycles. The molecule has 0 aliphatic carbocycles. The quantitative estimate of drug-likeness (QED) is 0.0274. The van der Waals surface area contributed by atoms with Crippen molar-refractivity contribution in [2.75, 3.05) is 13.2 Å². The van der Waals surface area contributed by atoms with E-state index in [4.69, 9.17) is 13.9 Å². The number of hydrogen-bond donors (Lipinski definition) is 0. The Morgan fingerprint density at radius 1 is 0.500 bits per heavy atom. The molecule has 0 N–H and O–H groups in total. The van der Waals surface area contributed by atoms with E-state index >= 15 is 0 Å². The molecule has 0 heterocycles. The summed E-state index contributed by atoms with van der Waals surface area (Å²) in [6.45, 7) is 11.2. The van der Waals surface area contributed by atoms with E-state index in [0.29, 0.717) is 19.4 Å². The predicted octanol–water partition coefficient (Wildman–Crippen LogP) is 14.4. The van der Waals surface area contributed by atoms with Crippen molar-refractivity contribution in [3.05, 3.63) is 12.2 Å². The molecule has 0 spiro atoms. The summed E-state index contributed by atoms with van der Waals surface area (Å²) in [6.07, 6.45) is 43.0. The lowest BCUT2D eigenvalue weighted by atomic mass is 10.0. The van der Waals surface area contributed by atoms with Crippen LogP contribution < -0.4 is 0 Å². The van der Waals surface area contributed by atoms with Crippen molar-refractivity contribution in [1.82, 2.24) is 0 Å². The molecule has 6 heteroatoms. The van der Waals surface area contributed by atoms with Gasteiger partial charge in [-0.25, -0.2) is 0 Å². The van der Waals surface area contributed by atoms with Gasteiger partial charge in [0.15, 0.2) is 14.4 Å². The topological polar surface area (TPSA) is 61.8 Å². The standard InChI is InChI=1S/C44H86O5Si/c1-6-9-11-13-15-17-19-21-23-25-27-29-31-33-35-37-39-50(4,5)48-41-42(49-43(45)8-3)40-47-44(46)38-36-34-32-30-28-26-24-22-20-18-16-14-12-10-7-2/h22,24,42H,6-21,23,25-41H2,1-5H3. The first kappa shape index (κ1) is 48.9. The van der Waals surface area contributed by atoms with Crippen LogP contribution in [0.1, 0.15) is 220 Å². The molecular weight excluding hydrogens is 637 g/mol. The van der Waals surface area contributed by atoms with Crippen molar-refractivity contribution in [2.24, 2.45) is 0 Å². The summed E-state index contributed by atoms with van der Waals surface area (Å²) in [4.78, 5) is 24.5. The van der Waals surface area contributed by atoms with Crippen LogP contribution in [0.4, 0.5) is 0 Å². The smallest absolute Gasteiger partial charge is 0.305 e. The fourth-order valence-electron chi connectivity index (χ4n) is 6.47. The molecule has 0 amide bonds. The molecule has 0 aromatic carbocycles. The van der Waals surface area contributed by atoms with Gasteiger partial charge in [-0.1, -0.05) is 187 Å². The summed E-state index contributed by atoms with van der Waals surface area (Å²) in [5, 5.41) is 0. The zero-order chi connectivity index (χ0) is 36.8. The SMILES string of the molecule is CCCCCCCCC=CCCCCCCCC(=O)OCC(CO[Si](C)(C)CCCCCCCCCCCCCCCCCC)OC(=O)CC. The fraction of sp³-hybridized carbons (Fsp3) is 0.909. The number of allylic oxidation sites excluding steroid dienone is 2. The van der Waals surface area contributed by atoms with Crippen molar-refractivity contribution in [2.45, 2.75) is 245 Å². The van der Waals surface area contributed by atoms with E-state index in [2.05, 4.69) is 39.1 Å². The van der Waals surface area contributed by atoms with Crippen LogP contribution in [0, 0.1) is 0 Å². The fourth-order valence-corrected chi connectivity index (χ4v) is 8.36. The van der Waals surface area contributed by atoms with Gasteiger partial charge < -0.3 is 13.9 Å². The molecule has 0 aliphatic rings. The lowest BCUT2D eigenvalue weighted by molar-refractivity contribution is -0.160. The summed E-state index contributed by atoms with van der Waals surface area (Å²) in [7, 11) is -1.88. The highest BCUT2D eigenvalue weighted by atomic mass is 28.4. The highest BCUT2D eigenvalue weighted by Crippen LogP contribution is 2.19. The van der Waals surface area contributed by atoms with Crippen LogP contribution in [-0.2, 0) is 23.5 Å². The van der Waals surface area contributed by atoms with Crippen LogP contribution in [0.25, 0.3) is 0 Å². The lowest BCUT2D eigenvalue weighted by Crippen LogP contribution is -2.37. The first-order valence-electron chi connectivity index (χ1n) is 22.0. The minimum atomic E-state index is -1.88. The van der Waals surface area contributed by atoms with Gasteiger partial charge in [-0.2, -0.15) is 0 Å². The Labute approximate surface area is 313 Å². The normalized spacial score (nSPS) is 12.5. The molecule has 0 aromatic heterocycles. The van der Waals surface area contributed by atoms with Gasteiger partial charge in [-0.15, -0.1) is 0 Å². The van der Waals surface area contributed by atoms with E-state index in [9.17, 15) is 9.59 Å². The highest BCUT2D eigenvalue weighted by molar-refractivity contribution is 6.71. The zero-order valence-electron chi connectivity index (χ0n) is 34.3. The van der Waals surface area contributed by atoms with Crippen LogP contribution in [0.2, 0.25) is 19.1 Å². The molecule has 0 aromatic rings. The molecular formula is C44H86O5Si. The second kappa shape index (κ2) is 37.6. The first-order valence-corrected chi connectivity index (χ1v) is 25.1. The van der Waals surface area contributed by atoms with E-state index in [1.165, 1.54) is 161 Å². The van der Waals surface area contributed by atoms with E-state index in [-0.39, 0.29) is 18.5 Å². The van der Waals surface area contributed by atoms with E-state index in [1.807, 2.05) is 0 Å². The molecule has 0 aliphatic heterocycles. The van der Waals surface area contributed by atoms with Gasteiger partial charge in [-0.3, -0.25) is 9.59 Å². The van der Waals surface area contributed by atoms with E-state index in [1.54, 1.807) is 6.92 Å². The van der Waals surface area contributed by atoms with Gasteiger partial charge in [0.1, 0.15) is 6.61 Å². The minimum absolute atomic E-state index is 0.0825. The Morgan fingerprint density at radius 2 is 0.900 bits per heavy atom. The van der Waals surface area contributed by atoms with Crippen molar-refractivity contribution in [1.29, 1.82) is 0 Å². The Bertz CT molecular complexity index is 768. The largest absolute Gasteiger partial charge is 0.462 e. The average Bonchev–Trinajstić information content (AvgIpc) is 3.10. The van der Waals surface area contributed by atoms with Gasteiger partial charge in [0.25, 0.3) is 0 Å². The third-order valence-electron chi connectivity index (χ3n) is 9.95. The molecule has 0 fully saturated rings. The Kier molecular flexibility index (Phi) is 36.7. The summed E-state index contributed by atoms with van der Waals surface area (Å²) in [6, 6.07) is 1.11. The third kappa shape index (κ3) is 36.6. The number of carbonyl (C=O) groups excluding carboxylic acids is 2. The Morgan fingerprint density at radius 3 is 1.34 bits per heavy atom. The predicted molar refractivity (Wildman–Crippen MR) is 218 cm³/mol. The van der Waals surface area contributed by atoms with Crippen LogP contribution in [0.5, 0.6) is 0 Å². The highest BCUT2D eigenvalue weighted by Gasteiger charge is 2.25. The maximum absolute atomic E-state index is 12.4. The van der Waals surface area contributed by atoms with Gasteiger partial charge in [0.05, 0.1) is 6.61 Å². The van der Waals surface area contributed by atoms with Crippen LogP contribution in [0.3, 0.4) is 0 Å². The average molecular weight is 723 g/mol. The molecule has 0 radical (unpaired) electrons. The molecule has 0 bridgehead atoms. The van der Waals surface area contributed by atoms with Crippen molar-refractivity contribution in [3.8, 4) is 0 Å². The van der Waals surface area contributed by atoms with Crippen LogP contribution in [-0.4, -0.2) is 39.6 Å². The van der Waals surface area contributed by atoms with Crippen molar-refractivity contribution in [3.63, 3.8) is 0 Å². The first-order chi connectivity index (χ1) is 24.3. The van der Waals surface area contributed by atoms with Gasteiger partial charge in [0.2, 0.25) is 0 Å². The lowest BCUT2D eigenvalue weighted by Gasteiger charge is -2.26. The number of hydrogen-bond acceptors (Lipinski definition) is 5. The molecule has 296 valence electrons. The molecule has 5 nitrogen and oxygen atoms in total. The number of ether oxygens (including phenoxy) is 2. The van der Waals surface area contributed by atoms with Crippen LogP contribution in [0.15, 0.2) is 12.2 Å². The van der Waals surface area contributed by atoms with Crippen molar-refractivity contribution < 1.29 is 23.5 Å². The third-order valence-corrected chi connectivity index (χ3v) is 12.5. The zero-order valence-corrected chi connectivity index (χ0v) is 35.3. The summed E-state index contributed by atoms with van der Waals surface area (Å²) in [5.74, 6) is -0.478. The van der Waals surface area contributed by atoms with Crippen LogP contribution >= 0.6 is 0 Å². The van der Waals surface area contributed by atoms with Gasteiger partial charge in [-0.05, 0) is 51.2 Å². The molecule has 0 rings (SSSR count). The molecule has 1 atom stereocenters.